The molecule has 3 aromatic rings. The van der Waals surface area contributed by atoms with E-state index < -0.39 is 11.6 Å². The number of hydrogen-bond donors (Lipinski definition) is 0. The second-order valence-corrected chi connectivity index (χ2v) is 7.97. The second kappa shape index (κ2) is 9.72. The van der Waals surface area contributed by atoms with Gasteiger partial charge in [-0.05, 0) is 53.6 Å². The Balaban J connectivity index is 1.55. The zero-order chi connectivity index (χ0) is 22.7. The van der Waals surface area contributed by atoms with Gasteiger partial charge in [-0.3, -0.25) is 0 Å². The van der Waals surface area contributed by atoms with Crippen LogP contribution in [0.1, 0.15) is 30.4 Å². The summed E-state index contributed by atoms with van der Waals surface area (Å²) in [4.78, 5) is 0. The molecule has 1 aliphatic heterocycles. The van der Waals surface area contributed by atoms with Crippen molar-refractivity contribution < 1.29 is 22.6 Å². The van der Waals surface area contributed by atoms with Crippen molar-refractivity contribution in [1.29, 1.82) is 0 Å². The van der Waals surface area contributed by atoms with Crippen molar-refractivity contribution in [2.75, 3.05) is 13.2 Å². The molecule has 0 spiro atoms. The maximum absolute atomic E-state index is 14.8. The second-order valence-electron chi connectivity index (χ2n) is 7.97. The molecular formula is C27H25F3O2. The Bertz CT molecular complexity index is 1100. The summed E-state index contributed by atoms with van der Waals surface area (Å²) in [6.07, 6.45) is 2.40. The van der Waals surface area contributed by atoms with Crippen molar-refractivity contribution in [1.82, 2.24) is 0 Å². The third kappa shape index (κ3) is 4.64. The fourth-order valence-corrected chi connectivity index (χ4v) is 3.92. The first kappa shape index (κ1) is 22.3. The Morgan fingerprint density at radius 3 is 2.19 bits per heavy atom. The predicted octanol–water partition coefficient (Wildman–Crippen LogP) is 7.03. The van der Waals surface area contributed by atoms with Crippen LogP contribution in [0.3, 0.4) is 0 Å². The Morgan fingerprint density at radius 2 is 1.53 bits per heavy atom. The lowest BCUT2D eigenvalue weighted by atomic mass is 9.94. The minimum absolute atomic E-state index is 0.144. The van der Waals surface area contributed by atoms with Crippen LogP contribution in [0.2, 0.25) is 0 Å². The zero-order valence-corrected chi connectivity index (χ0v) is 17.9. The molecule has 1 saturated heterocycles. The lowest BCUT2D eigenvalue weighted by Crippen LogP contribution is -2.29. The highest BCUT2D eigenvalue weighted by Gasteiger charge is 2.23. The molecule has 1 heterocycles. The van der Waals surface area contributed by atoms with Crippen LogP contribution >= 0.6 is 0 Å². The molecule has 0 bridgehead atoms. The quantitative estimate of drug-likeness (QED) is 0.385. The molecule has 0 radical (unpaired) electrons. The molecular weight excluding hydrogens is 413 g/mol. The first-order valence-corrected chi connectivity index (χ1v) is 10.7. The Morgan fingerprint density at radius 1 is 0.875 bits per heavy atom. The predicted molar refractivity (Wildman–Crippen MR) is 120 cm³/mol. The molecule has 0 N–H and O–H groups in total. The van der Waals surface area contributed by atoms with Gasteiger partial charge in [0.2, 0.25) is 0 Å². The van der Waals surface area contributed by atoms with Gasteiger partial charge in [-0.1, -0.05) is 54.6 Å². The molecule has 3 aromatic carbocycles. The molecule has 2 nitrogen and oxygen atoms in total. The first-order chi connectivity index (χ1) is 15.5. The lowest BCUT2D eigenvalue weighted by molar-refractivity contribution is -0.176. The van der Waals surface area contributed by atoms with E-state index in [1.165, 1.54) is 6.07 Å². The molecule has 0 aromatic heterocycles. The average Bonchev–Trinajstić information content (AvgIpc) is 2.81. The van der Waals surface area contributed by atoms with Gasteiger partial charge in [-0.25, -0.2) is 13.2 Å². The third-order valence-electron chi connectivity index (χ3n) is 5.81. The molecule has 0 amide bonds. The van der Waals surface area contributed by atoms with Gasteiger partial charge in [0.15, 0.2) is 17.9 Å². The minimum Gasteiger partial charge on any atom is -0.352 e. The number of halogens is 3. The summed E-state index contributed by atoms with van der Waals surface area (Å²) in [7, 11) is 0. The van der Waals surface area contributed by atoms with Crippen LogP contribution in [-0.4, -0.2) is 19.5 Å². The normalized spacial score (nSPS) is 18.5. The molecule has 32 heavy (non-hydrogen) atoms. The largest absolute Gasteiger partial charge is 0.352 e. The summed E-state index contributed by atoms with van der Waals surface area (Å²) >= 11 is 0. The van der Waals surface area contributed by atoms with Gasteiger partial charge in [0.1, 0.15) is 5.82 Å². The number of hydrogen-bond acceptors (Lipinski definition) is 2. The van der Waals surface area contributed by atoms with Crippen molar-refractivity contribution in [3.05, 3.63) is 95.8 Å². The van der Waals surface area contributed by atoms with Crippen molar-refractivity contribution in [2.24, 2.45) is 0 Å². The molecule has 0 atom stereocenters. The van der Waals surface area contributed by atoms with Crippen LogP contribution < -0.4 is 0 Å². The van der Waals surface area contributed by atoms with E-state index >= 15 is 0 Å². The van der Waals surface area contributed by atoms with Crippen molar-refractivity contribution in [2.45, 2.75) is 32.0 Å². The van der Waals surface area contributed by atoms with Crippen LogP contribution in [0.15, 0.2) is 67.3 Å². The van der Waals surface area contributed by atoms with Crippen molar-refractivity contribution in [3.8, 4) is 22.3 Å². The summed E-state index contributed by atoms with van der Waals surface area (Å²) in [5.74, 6) is -2.14. The van der Waals surface area contributed by atoms with Crippen LogP contribution in [0.4, 0.5) is 13.2 Å². The third-order valence-corrected chi connectivity index (χ3v) is 5.81. The Hall–Kier alpha value is -2.89. The average molecular weight is 438 g/mol. The number of aryl methyl sites for hydroxylation is 1. The van der Waals surface area contributed by atoms with E-state index in [2.05, 4.69) is 6.58 Å². The first-order valence-electron chi connectivity index (χ1n) is 10.7. The highest BCUT2D eigenvalue weighted by molar-refractivity contribution is 5.71. The smallest absolute Gasteiger partial charge is 0.166 e. The number of allylic oxidation sites excluding steroid dienone is 1. The van der Waals surface area contributed by atoms with E-state index in [4.69, 9.17) is 9.47 Å². The maximum Gasteiger partial charge on any atom is 0.166 e. The van der Waals surface area contributed by atoms with Gasteiger partial charge in [0.25, 0.3) is 0 Å². The van der Waals surface area contributed by atoms with Gasteiger partial charge >= 0.3 is 0 Å². The monoisotopic (exact) mass is 438 g/mol. The summed E-state index contributed by atoms with van der Waals surface area (Å²) in [6.45, 7) is 6.26. The molecule has 5 heteroatoms. The minimum atomic E-state index is -0.860. The van der Waals surface area contributed by atoms with Gasteiger partial charge in [-0.15, -0.1) is 6.58 Å². The van der Waals surface area contributed by atoms with Crippen LogP contribution in [-0.2, 0) is 15.9 Å². The van der Waals surface area contributed by atoms with Crippen LogP contribution in [0, 0.1) is 17.5 Å². The Kier molecular flexibility index (Phi) is 6.77. The van der Waals surface area contributed by atoms with Crippen LogP contribution in [0.5, 0.6) is 0 Å². The highest BCUT2D eigenvalue weighted by atomic mass is 19.2. The van der Waals surface area contributed by atoms with Crippen molar-refractivity contribution >= 4 is 0 Å². The van der Waals surface area contributed by atoms with E-state index in [-0.39, 0.29) is 23.6 Å². The number of benzene rings is 3. The molecule has 1 fully saturated rings. The molecule has 4 rings (SSSR count). The number of rotatable bonds is 6. The standard InChI is InChI=1S/C27H25F3O2/c1-3-4-5-20-10-13-24(27(30)26(20)29)19-8-6-18(7-9-19)21-11-12-23(25(28)14-21)22-15-31-17(2)32-16-22/h3,6-14,17,22H,1,4-5,15-16H2,2H3. The van der Waals surface area contributed by atoms with E-state index in [0.717, 1.165) is 5.56 Å². The zero-order valence-electron chi connectivity index (χ0n) is 17.9. The molecule has 0 saturated carbocycles. The summed E-state index contributed by atoms with van der Waals surface area (Å²) in [5, 5.41) is 0. The summed E-state index contributed by atoms with van der Waals surface area (Å²) < 4.78 is 54.7. The van der Waals surface area contributed by atoms with Gasteiger partial charge < -0.3 is 9.47 Å². The highest BCUT2D eigenvalue weighted by Crippen LogP contribution is 2.31. The summed E-state index contributed by atoms with van der Waals surface area (Å²) in [5.41, 5.74) is 3.14. The van der Waals surface area contributed by atoms with E-state index in [9.17, 15) is 13.2 Å². The summed E-state index contributed by atoms with van der Waals surface area (Å²) in [6, 6.07) is 15.3. The molecule has 0 unspecified atom stereocenters. The molecule has 1 aliphatic rings. The van der Waals surface area contributed by atoms with E-state index in [1.54, 1.807) is 48.5 Å². The number of ether oxygens (including phenoxy) is 2. The lowest BCUT2D eigenvalue weighted by Gasteiger charge is -2.27. The molecule has 166 valence electrons. The van der Waals surface area contributed by atoms with Gasteiger partial charge in [-0.2, -0.15) is 0 Å². The van der Waals surface area contributed by atoms with Crippen LogP contribution in [0.25, 0.3) is 22.3 Å². The topological polar surface area (TPSA) is 18.5 Å². The molecule has 0 aliphatic carbocycles. The van der Waals surface area contributed by atoms with Gasteiger partial charge in [0.05, 0.1) is 13.2 Å². The fourth-order valence-electron chi connectivity index (χ4n) is 3.92. The van der Waals surface area contributed by atoms with Gasteiger partial charge in [0, 0.05) is 11.5 Å². The van der Waals surface area contributed by atoms with Crippen molar-refractivity contribution in [3.63, 3.8) is 0 Å². The maximum atomic E-state index is 14.8. The van der Waals surface area contributed by atoms with E-state index in [0.29, 0.717) is 48.3 Å². The SMILES string of the molecule is C=CCCc1ccc(-c2ccc(-c3ccc(C4COC(C)OC4)c(F)c3)cc2)c(F)c1F. The fraction of sp³-hybridized carbons (Fsp3) is 0.259. The Labute approximate surface area is 186 Å². The van der Waals surface area contributed by atoms with E-state index in [1.807, 2.05) is 13.0 Å².